The van der Waals surface area contributed by atoms with Crippen molar-refractivity contribution in [3.05, 3.63) is 11.7 Å². The maximum atomic E-state index is 11.9. The first-order chi connectivity index (χ1) is 9.48. The number of alkyl halides is 3. The van der Waals surface area contributed by atoms with Crippen LogP contribution in [0, 0.1) is 5.92 Å². The molecule has 1 aromatic rings. The summed E-state index contributed by atoms with van der Waals surface area (Å²) in [7, 11) is 0. The molecule has 114 valence electrons. The topological polar surface area (TPSA) is 60.2 Å². The lowest BCUT2D eigenvalue weighted by atomic mass is 10.1. The highest BCUT2D eigenvalue weighted by Crippen LogP contribution is 2.33. The standard InChI is InChI=1S/C12H18F3N3O2/c1-2-16-9(8-3-4-8)5-11-17-10(18-20-11)6-19-7-12(13,14)15/h8-9,16H,2-7H2,1H3. The number of nitrogens with one attached hydrogen (secondary N) is 1. The van der Waals surface area contributed by atoms with E-state index in [9.17, 15) is 13.2 Å². The summed E-state index contributed by atoms with van der Waals surface area (Å²) in [5.41, 5.74) is 0. The van der Waals surface area contributed by atoms with E-state index >= 15 is 0 Å². The molecule has 8 heteroatoms. The van der Waals surface area contributed by atoms with Crippen LogP contribution in [-0.2, 0) is 17.8 Å². The van der Waals surface area contributed by atoms with Crippen LogP contribution >= 0.6 is 0 Å². The van der Waals surface area contributed by atoms with Crippen LogP contribution in [0.1, 0.15) is 31.5 Å². The number of hydrogen-bond acceptors (Lipinski definition) is 5. The van der Waals surface area contributed by atoms with Gasteiger partial charge in [-0.3, -0.25) is 0 Å². The highest BCUT2D eigenvalue weighted by atomic mass is 19.4. The SMILES string of the molecule is CCNC(Cc1nc(COCC(F)(F)F)no1)C1CC1. The molecule has 1 aromatic heterocycles. The van der Waals surface area contributed by atoms with Gasteiger partial charge in [0.1, 0.15) is 13.2 Å². The smallest absolute Gasteiger partial charge is 0.364 e. The largest absolute Gasteiger partial charge is 0.411 e. The van der Waals surface area contributed by atoms with Crippen molar-refractivity contribution in [2.24, 2.45) is 5.92 Å². The molecule has 1 atom stereocenters. The second-order valence-electron chi connectivity index (χ2n) is 4.92. The Morgan fingerprint density at radius 3 is 2.80 bits per heavy atom. The lowest BCUT2D eigenvalue weighted by Gasteiger charge is -2.14. The third-order valence-corrected chi connectivity index (χ3v) is 3.06. The lowest BCUT2D eigenvalue weighted by molar-refractivity contribution is -0.177. The maximum absolute atomic E-state index is 11.9. The molecular weight excluding hydrogens is 275 g/mol. The van der Waals surface area contributed by atoms with Gasteiger partial charge in [-0.1, -0.05) is 12.1 Å². The normalized spacial score (nSPS) is 17.4. The summed E-state index contributed by atoms with van der Waals surface area (Å²) in [6.45, 7) is 1.29. The molecule has 20 heavy (non-hydrogen) atoms. The first-order valence-corrected chi connectivity index (χ1v) is 6.67. The fraction of sp³-hybridized carbons (Fsp3) is 0.833. The highest BCUT2D eigenvalue weighted by molar-refractivity contribution is 4.94. The lowest BCUT2D eigenvalue weighted by Crippen LogP contribution is -2.33. The van der Waals surface area contributed by atoms with Crippen LogP contribution < -0.4 is 5.32 Å². The number of rotatable bonds is 8. The molecule has 1 N–H and O–H groups in total. The molecule has 0 aromatic carbocycles. The summed E-state index contributed by atoms with van der Waals surface area (Å²) >= 11 is 0. The fourth-order valence-electron chi connectivity index (χ4n) is 2.04. The molecule has 0 spiro atoms. The third-order valence-electron chi connectivity index (χ3n) is 3.06. The Balaban J connectivity index is 1.79. The number of ether oxygens (including phenoxy) is 1. The molecule has 1 aliphatic rings. The quantitative estimate of drug-likeness (QED) is 0.795. The Morgan fingerprint density at radius 1 is 1.45 bits per heavy atom. The summed E-state index contributed by atoms with van der Waals surface area (Å²) in [5, 5.41) is 6.98. The minimum absolute atomic E-state index is 0.148. The molecule has 0 radical (unpaired) electrons. The summed E-state index contributed by atoms with van der Waals surface area (Å²) in [6.07, 6.45) is -1.36. The van der Waals surface area contributed by atoms with Gasteiger partial charge >= 0.3 is 6.18 Å². The Kier molecular flexibility index (Phi) is 4.98. The monoisotopic (exact) mass is 293 g/mol. The number of nitrogens with zero attached hydrogens (tertiary/aromatic N) is 2. The van der Waals surface area contributed by atoms with Crippen LogP contribution in [0.15, 0.2) is 4.52 Å². The Morgan fingerprint density at radius 2 is 2.20 bits per heavy atom. The number of halogens is 3. The van der Waals surface area contributed by atoms with E-state index in [-0.39, 0.29) is 12.4 Å². The van der Waals surface area contributed by atoms with Crippen molar-refractivity contribution >= 4 is 0 Å². The molecule has 0 aliphatic heterocycles. The van der Waals surface area contributed by atoms with Crippen molar-refractivity contribution in [1.82, 2.24) is 15.5 Å². The van der Waals surface area contributed by atoms with Gasteiger partial charge in [-0.2, -0.15) is 18.2 Å². The van der Waals surface area contributed by atoms with Crippen molar-refractivity contribution in [3.8, 4) is 0 Å². The number of hydrogen-bond donors (Lipinski definition) is 1. The molecule has 1 saturated carbocycles. The van der Waals surface area contributed by atoms with E-state index in [0.717, 1.165) is 6.54 Å². The van der Waals surface area contributed by atoms with Gasteiger partial charge in [-0.25, -0.2) is 0 Å². The van der Waals surface area contributed by atoms with E-state index in [4.69, 9.17) is 4.52 Å². The number of likely N-dealkylation sites (N-methyl/N-ethyl adjacent to an activating group) is 1. The molecular formula is C12H18F3N3O2. The summed E-state index contributed by atoms with van der Waals surface area (Å²) < 4.78 is 45.3. The predicted octanol–water partition coefficient (Wildman–Crippen LogP) is 2.08. The van der Waals surface area contributed by atoms with Gasteiger partial charge in [0, 0.05) is 12.5 Å². The zero-order chi connectivity index (χ0) is 14.6. The van der Waals surface area contributed by atoms with Gasteiger partial charge in [0.2, 0.25) is 5.89 Å². The van der Waals surface area contributed by atoms with Gasteiger partial charge < -0.3 is 14.6 Å². The van der Waals surface area contributed by atoms with E-state index in [1.807, 2.05) is 6.92 Å². The van der Waals surface area contributed by atoms with E-state index < -0.39 is 12.8 Å². The average molecular weight is 293 g/mol. The van der Waals surface area contributed by atoms with Crippen LogP contribution in [0.25, 0.3) is 0 Å². The second-order valence-corrected chi connectivity index (χ2v) is 4.92. The second kappa shape index (κ2) is 6.53. The van der Waals surface area contributed by atoms with Crippen LogP contribution in [0.2, 0.25) is 0 Å². The summed E-state index contributed by atoms with van der Waals surface area (Å²) in [4.78, 5) is 4.05. The summed E-state index contributed by atoms with van der Waals surface area (Å²) in [6, 6.07) is 0.296. The van der Waals surface area contributed by atoms with Crippen molar-refractivity contribution in [2.45, 2.75) is 45.0 Å². The van der Waals surface area contributed by atoms with Crippen LogP contribution in [-0.4, -0.2) is 35.5 Å². The molecule has 0 bridgehead atoms. The van der Waals surface area contributed by atoms with Gasteiger partial charge in [0.05, 0.1) is 0 Å². The van der Waals surface area contributed by atoms with E-state index in [1.54, 1.807) is 0 Å². The zero-order valence-electron chi connectivity index (χ0n) is 11.2. The Labute approximate surface area is 114 Å². The summed E-state index contributed by atoms with van der Waals surface area (Å²) in [5.74, 6) is 1.22. The molecule has 0 amide bonds. The van der Waals surface area contributed by atoms with Crippen LogP contribution in [0.4, 0.5) is 13.2 Å². The van der Waals surface area contributed by atoms with Gasteiger partial charge in [-0.15, -0.1) is 0 Å². The third kappa shape index (κ3) is 5.09. The van der Waals surface area contributed by atoms with Crippen molar-refractivity contribution in [3.63, 3.8) is 0 Å². The van der Waals surface area contributed by atoms with Gasteiger partial charge in [0.25, 0.3) is 0 Å². The predicted molar refractivity (Wildman–Crippen MR) is 63.9 cm³/mol. The van der Waals surface area contributed by atoms with Crippen molar-refractivity contribution < 1.29 is 22.4 Å². The minimum Gasteiger partial charge on any atom is -0.364 e. The zero-order valence-corrected chi connectivity index (χ0v) is 11.2. The molecule has 0 saturated heterocycles. The Bertz CT molecular complexity index is 418. The first kappa shape index (κ1) is 15.2. The fourth-order valence-corrected chi connectivity index (χ4v) is 2.04. The van der Waals surface area contributed by atoms with Gasteiger partial charge in [0.15, 0.2) is 5.82 Å². The minimum atomic E-state index is -4.34. The maximum Gasteiger partial charge on any atom is 0.411 e. The van der Waals surface area contributed by atoms with E-state index in [0.29, 0.717) is 24.3 Å². The Hall–Kier alpha value is -1.15. The van der Waals surface area contributed by atoms with Crippen molar-refractivity contribution in [1.29, 1.82) is 0 Å². The molecule has 2 rings (SSSR count). The van der Waals surface area contributed by atoms with Gasteiger partial charge in [-0.05, 0) is 25.3 Å². The van der Waals surface area contributed by atoms with E-state index in [2.05, 4.69) is 20.2 Å². The van der Waals surface area contributed by atoms with Crippen LogP contribution in [0.3, 0.4) is 0 Å². The average Bonchev–Trinajstić information content (AvgIpc) is 3.10. The molecule has 1 heterocycles. The molecule has 1 unspecified atom stereocenters. The molecule has 1 aliphatic carbocycles. The first-order valence-electron chi connectivity index (χ1n) is 6.67. The molecule has 5 nitrogen and oxygen atoms in total. The van der Waals surface area contributed by atoms with Crippen LogP contribution in [0.5, 0.6) is 0 Å². The van der Waals surface area contributed by atoms with Crippen molar-refractivity contribution in [2.75, 3.05) is 13.2 Å². The number of aromatic nitrogens is 2. The highest BCUT2D eigenvalue weighted by Gasteiger charge is 2.32. The van der Waals surface area contributed by atoms with E-state index in [1.165, 1.54) is 12.8 Å². The molecule has 1 fully saturated rings.